The lowest BCUT2D eigenvalue weighted by Gasteiger charge is -2.13. The van der Waals surface area contributed by atoms with Crippen LogP contribution in [-0.2, 0) is 6.42 Å². The lowest BCUT2D eigenvalue weighted by molar-refractivity contribution is 0.0949. The van der Waals surface area contributed by atoms with E-state index in [2.05, 4.69) is 34.4 Å². The van der Waals surface area contributed by atoms with Crippen molar-refractivity contribution in [2.24, 2.45) is 0 Å². The number of ether oxygens (including phenoxy) is 1. The van der Waals surface area contributed by atoms with Crippen LogP contribution >= 0.6 is 0 Å². The lowest BCUT2D eigenvalue weighted by atomic mass is 10.1. The van der Waals surface area contributed by atoms with Crippen LogP contribution in [0.5, 0.6) is 5.75 Å². The van der Waals surface area contributed by atoms with E-state index in [9.17, 15) is 4.79 Å². The highest BCUT2D eigenvalue weighted by Gasteiger charge is 2.12. The fourth-order valence-electron chi connectivity index (χ4n) is 2.38. The van der Waals surface area contributed by atoms with Gasteiger partial charge in [-0.3, -0.25) is 4.79 Å². The quantitative estimate of drug-likeness (QED) is 0.771. The summed E-state index contributed by atoms with van der Waals surface area (Å²) < 4.78 is 5.32. The predicted octanol–water partition coefficient (Wildman–Crippen LogP) is 2.98. The standard InChI is InChI=1S/C19H26N4O2/c1-5-13(2)21-19-22-14(3)12-16(23-19)18(24)20-11-10-15-8-6-7-9-17(15)25-4/h6-9,12-13H,5,10-11H2,1-4H3,(H,20,24)(H,21,22,23). The van der Waals surface area contributed by atoms with Crippen LogP contribution in [0, 0.1) is 6.92 Å². The van der Waals surface area contributed by atoms with Crippen molar-refractivity contribution in [3.05, 3.63) is 47.3 Å². The number of aromatic nitrogens is 2. The van der Waals surface area contributed by atoms with Crippen molar-refractivity contribution in [2.75, 3.05) is 19.0 Å². The second-order valence-electron chi connectivity index (χ2n) is 5.99. The maximum atomic E-state index is 12.4. The fraction of sp³-hybridized carbons (Fsp3) is 0.421. The van der Waals surface area contributed by atoms with Gasteiger partial charge < -0.3 is 15.4 Å². The van der Waals surface area contributed by atoms with Crippen LogP contribution in [0.4, 0.5) is 5.95 Å². The first-order valence-electron chi connectivity index (χ1n) is 8.55. The van der Waals surface area contributed by atoms with Crippen molar-refractivity contribution < 1.29 is 9.53 Å². The van der Waals surface area contributed by atoms with Gasteiger partial charge in [0, 0.05) is 18.3 Å². The highest BCUT2D eigenvalue weighted by atomic mass is 16.5. The van der Waals surface area contributed by atoms with Gasteiger partial charge in [-0.05, 0) is 44.4 Å². The number of para-hydroxylation sites is 1. The van der Waals surface area contributed by atoms with Crippen LogP contribution < -0.4 is 15.4 Å². The minimum absolute atomic E-state index is 0.201. The molecule has 0 saturated heterocycles. The molecule has 2 N–H and O–H groups in total. The molecule has 0 aliphatic heterocycles. The number of carbonyl (C=O) groups excluding carboxylic acids is 1. The monoisotopic (exact) mass is 342 g/mol. The van der Waals surface area contributed by atoms with Gasteiger partial charge in [-0.15, -0.1) is 0 Å². The van der Waals surface area contributed by atoms with Crippen LogP contribution in [0.25, 0.3) is 0 Å². The van der Waals surface area contributed by atoms with Gasteiger partial charge in [0.05, 0.1) is 7.11 Å². The number of nitrogens with zero attached hydrogens (tertiary/aromatic N) is 2. The Bertz CT molecular complexity index is 718. The summed E-state index contributed by atoms with van der Waals surface area (Å²) in [5, 5.41) is 6.11. The molecule has 2 rings (SSSR count). The van der Waals surface area contributed by atoms with Gasteiger partial charge in [-0.2, -0.15) is 0 Å². The summed E-state index contributed by atoms with van der Waals surface area (Å²) in [7, 11) is 1.65. The number of hydrogen-bond donors (Lipinski definition) is 2. The molecule has 0 aliphatic rings. The minimum atomic E-state index is -0.201. The van der Waals surface area contributed by atoms with Crippen molar-refractivity contribution in [3.63, 3.8) is 0 Å². The first-order chi connectivity index (χ1) is 12.0. The van der Waals surface area contributed by atoms with E-state index < -0.39 is 0 Å². The Kier molecular flexibility index (Phi) is 6.74. The molecule has 2 aromatic rings. The number of methoxy groups -OCH3 is 1. The van der Waals surface area contributed by atoms with Gasteiger partial charge in [0.1, 0.15) is 11.4 Å². The van der Waals surface area contributed by atoms with Crippen molar-refractivity contribution in [1.82, 2.24) is 15.3 Å². The summed E-state index contributed by atoms with van der Waals surface area (Å²) in [6.07, 6.45) is 1.65. The molecule has 25 heavy (non-hydrogen) atoms. The third-order valence-corrected chi connectivity index (χ3v) is 3.95. The maximum absolute atomic E-state index is 12.4. The zero-order valence-corrected chi connectivity index (χ0v) is 15.3. The molecule has 0 fully saturated rings. The minimum Gasteiger partial charge on any atom is -0.496 e. The number of amides is 1. The Morgan fingerprint density at radius 1 is 1.28 bits per heavy atom. The summed E-state index contributed by atoms with van der Waals surface area (Å²) in [4.78, 5) is 21.0. The third-order valence-electron chi connectivity index (χ3n) is 3.95. The smallest absolute Gasteiger partial charge is 0.270 e. The van der Waals surface area contributed by atoms with Gasteiger partial charge in [0.15, 0.2) is 0 Å². The average Bonchev–Trinajstić information content (AvgIpc) is 2.61. The Morgan fingerprint density at radius 2 is 2.04 bits per heavy atom. The molecule has 1 amide bonds. The molecular weight excluding hydrogens is 316 g/mol. The van der Waals surface area contributed by atoms with E-state index in [1.807, 2.05) is 31.2 Å². The second-order valence-corrected chi connectivity index (χ2v) is 5.99. The van der Waals surface area contributed by atoms with Crippen molar-refractivity contribution in [1.29, 1.82) is 0 Å². The number of nitrogens with one attached hydrogen (secondary N) is 2. The van der Waals surface area contributed by atoms with Crippen LogP contribution in [-0.4, -0.2) is 35.6 Å². The molecule has 0 saturated carbocycles. The number of anilines is 1. The third kappa shape index (κ3) is 5.45. The molecule has 0 aliphatic carbocycles. The van der Waals surface area contributed by atoms with Gasteiger partial charge >= 0.3 is 0 Å². The first kappa shape index (κ1) is 18.7. The summed E-state index contributed by atoms with van der Waals surface area (Å²) in [6.45, 7) is 6.50. The molecule has 134 valence electrons. The highest BCUT2D eigenvalue weighted by molar-refractivity contribution is 5.92. The molecule has 0 spiro atoms. The SMILES string of the molecule is CCC(C)Nc1nc(C)cc(C(=O)NCCc2ccccc2OC)n1. The van der Waals surface area contributed by atoms with Crippen molar-refractivity contribution in [2.45, 2.75) is 39.7 Å². The number of aryl methyl sites for hydroxylation is 1. The van der Waals surface area contributed by atoms with Gasteiger partial charge in [0.2, 0.25) is 5.95 Å². The summed E-state index contributed by atoms with van der Waals surface area (Å²) in [6, 6.07) is 9.74. The summed E-state index contributed by atoms with van der Waals surface area (Å²) in [5.74, 6) is 1.12. The van der Waals surface area contributed by atoms with E-state index in [0.29, 0.717) is 24.6 Å². The van der Waals surface area contributed by atoms with E-state index in [4.69, 9.17) is 4.74 Å². The zero-order chi connectivity index (χ0) is 18.2. The van der Waals surface area contributed by atoms with E-state index in [1.54, 1.807) is 13.2 Å². The Balaban J connectivity index is 1.98. The topological polar surface area (TPSA) is 76.1 Å². The Labute approximate surface area is 149 Å². The molecule has 1 aromatic carbocycles. The Morgan fingerprint density at radius 3 is 2.76 bits per heavy atom. The highest BCUT2D eigenvalue weighted by Crippen LogP contribution is 2.17. The second kappa shape index (κ2) is 9.01. The first-order valence-corrected chi connectivity index (χ1v) is 8.55. The summed E-state index contributed by atoms with van der Waals surface area (Å²) >= 11 is 0. The normalized spacial score (nSPS) is 11.7. The van der Waals surface area contributed by atoms with Crippen molar-refractivity contribution in [3.8, 4) is 5.75 Å². The van der Waals surface area contributed by atoms with Crippen LogP contribution in [0.1, 0.15) is 42.0 Å². The molecule has 0 bridgehead atoms. The molecule has 0 radical (unpaired) electrons. The largest absolute Gasteiger partial charge is 0.496 e. The molecule has 6 nitrogen and oxygen atoms in total. The zero-order valence-electron chi connectivity index (χ0n) is 15.3. The number of rotatable bonds is 8. The van der Waals surface area contributed by atoms with Crippen molar-refractivity contribution >= 4 is 11.9 Å². The molecule has 1 aromatic heterocycles. The Hall–Kier alpha value is -2.63. The number of carbonyl (C=O) groups is 1. The molecule has 6 heteroatoms. The van der Waals surface area contributed by atoms with E-state index in [1.165, 1.54) is 0 Å². The maximum Gasteiger partial charge on any atom is 0.270 e. The average molecular weight is 342 g/mol. The van der Waals surface area contributed by atoms with E-state index in [-0.39, 0.29) is 11.9 Å². The molecule has 1 heterocycles. The number of hydrogen-bond acceptors (Lipinski definition) is 5. The molecule has 1 atom stereocenters. The van der Waals surface area contributed by atoms with E-state index in [0.717, 1.165) is 23.4 Å². The number of benzene rings is 1. The summed E-state index contributed by atoms with van der Waals surface area (Å²) in [5.41, 5.74) is 2.19. The lowest BCUT2D eigenvalue weighted by Crippen LogP contribution is -2.27. The van der Waals surface area contributed by atoms with Gasteiger partial charge in [-0.1, -0.05) is 25.1 Å². The fourth-order valence-corrected chi connectivity index (χ4v) is 2.38. The van der Waals surface area contributed by atoms with E-state index >= 15 is 0 Å². The van der Waals surface area contributed by atoms with Gasteiger partial charge in [-0.25, -0.2) is 9.97 Å². The van der Waals surface area contributed by atoms with Crippen LogP contribution in [0.3, 0.4) is 0 Å². The molecular formula is C19H26N4O2. The molecule has 1 unspecified atom stereocenters. The predicted molar refractivity (Wildman–Crippen MR) is 99.2 cm³/mol. The van der Waals surface area contributed by atoms with Crippen LogP contribution in [0.2, 0.25) is 0 Å². The van der Waals surface area contributed by atoms with Crippen LogP contribution in [0.15, 0.2) is 30.3 Å². The van der Waals surface area contributed by atoms with Gasteiger partial charge in [0.25, 0.3) is 5.91 Å².